The van der Waals surface area contributed by atoms with Crippen molar-refractivity contribution in [1.29, 1.82) is 0 Å². The summed E-state index contributed by atoms with van der Waals surface area (Å²) in [7, 11) is 5.98. The van der Waals surface area contributed by atoms with Gasteiger partial charge in [-0.2, -0.15) is 0 Å². The maximum atomic E-state index is 12.4. The lowest BCUT2D eigenvalue weighted by atomic mass is 10.0. The van der Waals surface area contributed by atoms with Gasteiger partial charge in [0.25, 0.3) is 0 Å². The van der Waals surface area contributed by atoms with Crippen LogP contribution in [0, 0.1) is 6.92 Å². The number of pyridine rings is 1. The van der Waals surface area contributed by atoms with Crippen LogP contribution in [0.5, 0.6) is 0 Å². The molecule has 0 aliphatic rings. The molecule has 0 fully saturated rings. The summed E-state index contributed by atoms with van der Waals surface area (Å²) in [6.45, 7) is 3.23. The van der Waals surface area contributed by atoms with Crippen LogP contribution in [0.3, 0.4) is 0 Å². The molecule has 4 aromatic rings. The summed E-state index contributed by atoms with van der Waals surface area (Å²) in [5, 5.41) is 4.50. The largest absolute Gasteiger partial charge is 0.461 e. The van der Waals surface area contributed by atoms with Gasteiger partial charge in [-0.25, -0.2) is 4.79 Å². The summed E-state index contributed by atoms with van der Waals surface area (Å²) in [6, 6.07) is 10.00. The van der Waals surface area contributed by atoms with Crippen LogP contribution >= 0.6 is 0 Å². The van der Waals surface area contributed by atoms with Gasteiger partial charge in [-0.1, -0.05) is 0 Å². The highest BCUT2D eigenvalue weighted by Crippen LogP contribution is 2.35. The number of carbonyl (C=O) groups is 1. The van der Waals surface area contributed by atoms with Gasteiger partial charge in [0.05, 0.1) is 11.1 Å². The zero-order chi connectivity index (χ0) is 19.1. The molecule has 0 spiro atoms. The Kier molecular flexibility index (Phi) is 4.32. The predicted octanol–water partition coefficient (Wildman–Crippen LogP) is 3.91. The number of fused-ring (bicyclic) bond motifs is 4. The zero-order valence-corrected chi connectivity index (χ0v) is 16.1. The van der Waals surface area contributed by atoms with Crippen LogP contribution in [-0.4, -0.2) is 47.7 Å². The van der Waals surface area contributed by atoms with Crippen LogP contribution in [0.15, 0.2) is 42.7 Å². The minimum absolute atomic E-state index is 0.282. The van der Waals surface area contributed by atoms with Crippen LogP contribution in [0.4, 0.5) is 0 Å². The smallest absolute Gasteiger partial charge is 0.338 e. The van der Waals surface area contributed by atoms with Crippen molar-refractivity contribution in [2.24, 2.45) is 7.05 Å². The lowest BCUT2D eigenvalue weighted by Gasteiger charge is -2.10. The highest BCUT2D eigenvalue weighted by molar-refractivity contribution is 6.15. The molecule has 4 rings (SSSR count). The average molecular weight is 361 g/mol. The van der Waals surface area contributed by atoms with Crippen molar-refractivity contribution in [1.82, 2.24) is 14.5 Å². The zero-order valence-electron chi connectivity index (χ0n) is 16.1. The fraction of sp³-hybridized carbons (Fsp3) is 0.273. The quantitative estimate of drug-likeness (QED) is 0.517. The Morgan fingerprint density at radius 1 is 1.15 bits per heavy atom. The topological polar surface area (TPSA) is 47.4 Å². The number of hydrogen-bond donors (Lipinski definition) is 0. The summed E-state index contributed by atoms with van der Waals surface area (Å²) in [4.78, 5) is 18.7. The fourth-order valence-electron chi connectivity index (χ4n) is 3.75. The van der Waals surface area contributed by atoms with E-state index in [1.165, 1.54) is 16.5 Å². The van der Waals surface area contributed by atoms with Gasteiger partial charge in [-0.15, -0.1) is 0 Å². The lowest BCUT2D eigenvalue weighted by molar-refractivity contribution is 0.0482. The number of esters is 1. The number of nitrogens with zero attached hydrogens (tertiary/aromatic N) is 3. The highest BCUT2D eigenvalue weighted by atomic mass is 16.5. The summed E-state index contributed by atoms with van der Waals surface area (Å²) in [5.74, 6) is -0.282. The Balaban J connectivity index is 1.85. The SMILES string of the molecule is Cc1c2ccncc2cc2c3cc(C(=O)OCCN(C)C)ccc3n(C)c12. The number of carbonyl (C=O) groups excluding carboxylic acids is 1. The van der Waals surface area contributed by atoms with E-state index in [1.54, 1.807) is 0 Å². The van der Waals surface area contributed by atoms with E-state index in [4.69, 9.17) is 4.74 Å². The normalized spacial score (nSPS) is 11.7. The third kappa shape index (κ3) is 2.94. The number of aryl methyl sites for hydroxylation is 2. The number of likely N-dealkylation sites (N-methyl/N-ethyl adjacent to an activating group) is 1. The van der Waals surface area contributed by atoms with Crippen molar-refractivity contribution in [3.05, 3.63) is 53.9 Å². The second kappa shape index (κ2) is 6.67. The summed E-state index contributed by atoms with van der Waals surface area (Å²) in [6.07, 6.45) is 3.71. The molecular formula is C22H23N3O2. The Hall–Kier alpha value is -2.92. The number of hydrogen-bond acceptors (Lipinski definition) is 4. The molecule has 2 aromatic carbocycles. The van der Waals surface area contributed by atoms with Crippen LogP contribution in [0.2, 0.25) is 0 Å². The van der Waals surface area contributed by atoms with E-state index in [0.717, 1.165) is 21.7 Å². The van der Waals surface area contributed by atoms with Crippen LogP contribution < -0.4 is 0 Å². The Labute approximate surface area is 158 Å². The first kappa shape index (κ1) is 17.5. The molecule has 0 N–H and O–H groups in total. The first-order chi connectivity index (χ1) is 13.0. The van der Waals surface area contributed by atoms with Crippen molar-refractivity contribution >= 4 is 38.5 Å². The predicted molar refractivity (Wildman–Crippen MR) is 109 cm³/mol. The van der Waals surface area contributed by atoms with Crippen molar-refractivity contribution < 1.29 is 9.53 Å². The van der Waals surface area contributed by atoms with E-state index in [-0.39, 0.29) is 5.97 Å². The van der Waals surface area contributed by atoms with Gasteiger partial charge in [0.15, 0.2) is 0 Å². The first-order valence-corrected chi connectivity index (χ1v) is 9.04. The molecule has 0 aliphatic carbocycles. The molecule has 2 aromatic heterocycles. The molecule has 0 unspecified atom stereocenters. The Morgan fingerprint density at radius 2 is 1.96 bits per heavy atom. The molecule has 0 radical (unpaired) electrons. The van der Waals surface area contributed by atoms with Gasteiger partial charge in [0.1, 0.15) is 6.61 Å². The molecule has 5 heteroatoms. The second-order valence-corrected chi connectivity index (χ2v) is 7.22. The highest BCUT2D eigenvalue weighted by Gasteiger charge is 2.16. The Morgan fingerprint density at radius 3 is 2.74 bits per heavy atom. The molecule has 2 heterocycles. The van der Waals surface area contributed by atoms with E-state index < -0.39 is 0 Å². The number of aromatic nitrogens is 2. The van der Waals surface area contributed by atoms with Gasteiger partial charge in [-0.3, -0.25) is 4.98 Å². The van der Waals surface area contributed by atoms with E-state index in [1.807, 2.05) is 49.6 Å². The van der Waals surface area contributed by atoms with E-state index in [2.05, 4.69) is 35.7 Å². The summed E-state index contributed by atoms with van der Waals surface area (Å²) >= 11 is 0. The van der Waals surface area contributed by atoms with Gasteiger partial charge in [0, 0.05) is 47.7 Å². The van der Waals surface area contributed by atoms with Crippen LogP contribution in [-0.2, 0) is 11.8 Å². The summed E-state index contributed by atoms with van der Waals surface area (Å²) in [5.41, 5.74) is 4.08. The molecule has 0 saturated carbocycles. The number of ether oxygens (including phenoxy) is 1. The molecule has 0 atom stereocenters. The standard InChI is InChI=1S/C22H23N3O2/c1-14-17-7-8-23-13-16(17)12-19-18-11-15(22(26)27-10-9-24(2)3)5-6-20(18)25(4)21(14)19/h5-8,11-13H,9-10H2,1-4H3. The molecule has 27 heavy (non-hydrogen) atoms. The third-order valence-electron chi connectivity index (χ3n) is 5.16. The van der Waals surface area contributed by atoms with Gasteiger partial charge in [0.2, 0.25) is 0 Å². The van der Waals surface area contributed by atoms with Crippen LogP contribution in [0.1, 0.15) is 15.9 Å². The van der Waals surface area contributed by atoms with Crippen molar-refractivity contribution in [2.45, 2.75) is 6.92 Å². The minimum atomic E-state index is -0.282. The molecule has 138 valence electrons. The molecule has 0 bridgehead atoms. The minimum Gasteiger partial charge on any atom is -0.461 e. The van der Waals surface area contributed by atoms with E-state index in [0.29, 0.717) is 18.7 Å². The molecule has 0 amide bonds. The monoisotopic (exact) mass is 361 g/mol. The molecule has 5 nitrogen and oxygen atoms in total. The van der Waals surface area contributed by atoms with Crippen molar-refractivity contribution in [2.75, 3.05) is 27.2 Å². The van der Waals surface area contributed by atoms with Crippen molar-refractivity contribution in [3.8, 4) is 0 Å². The summed E-state index contributed by atoms with van der Waals surface area (Å²) < 4.78 is 7.60. The Bertz CT molecular complexity index is 1170. The molecule has 0 aliphatic heterocycles. The van der Waals surface area contributed by atoms with Gasteiger partial charge < -0.3 is 14.2 Å². The number of rotatable bonds is 4. The first-order valence-electron chi connectivity index (χ1n) is 9.04. The third-order valence-corrected chi connectivity index (χ3v) is 5.16. The fourth-order valence-corrected chi connectivity index (χ4v) is 3.75. The molecule has 0 saturated heterocycles. The van der Waals surface area contributed by atoms with E-state index in [9.17, 15) is 4.79 Å². The van der Waals surface area contributed by atoms with Gasteiger partial charge >= 0.3 is 5.97 Å². The van der Waals surface area contributed by atoms with Crippen molar-refractivity contribution in [3.63, 3.8) is 0 Å². The maximum Gasteiger partial charge on any atom is 0.338 e. The second-order valence-electron chi connectivity index (χ2n) is 7.22. The lowest BCUT2D eigenvalue weighted by Crippen LogP contribution is -2.20. The van der Waals surface area contributed by atoms with Crippen LogP contribution in [0.25, 0.3) is 32.6 Å². The van der Waals surface area contributed by atoms with Gasteiger partial charge in [-0.05, 0) is 62.3 Å². The maximum absolute atomic E-state index is 12.4. The molecular weight excluding hydrogens is 338 g/mol. The average Bonchev–Trinajstić information content (AvgIpc) is 2.93. The number of benzene rings is 2. The van der Waals surface area contributed by atoms with E-state index >= 15 is 0 Å².